The monoisotopic (exact) mass is 421 g/mol. The van der Waals surface area contributed by atoms with Crippen LogP contribution in [0.2, 0.25) is 0 Å². The van der Waals surface area contributed by atoms with Gasteiger partial charge >= 0.3 is 0 Å². The molecule has 0 aromatic rings. The minimum atomic E-state index is -1.01. The van der Waals surface area contributed by atoms with E-state index in [1.54, 1.807) is 13.1 Å². The lowest BCUT2D eigenvalue weighted by atomic mass is 9.54. The number of nitrogens with zero attached hydrogens (tertiary/aromatic N) is 1. The van der Waals surface area contributed by atoms with E-state index in [0.717, 1.165) is 38.5 Å². The number of nitrogens with one attached hydrogen (secondary N) is 1. The van der Waals surface area contributed by atoms with Crippen LogP contribution in [0.5, 0.6) is 0 Å². The molecule has 0 aromatic carbocycles. The topological polar surface area (TPSA) is 108 Å². The second-order valence-electron chi connectivity index (χ2n) is 10.6. The maximum Gasteiger partial charge on any atom is 0.184 e. The number of thiocarbonyl (C=S) groups is 1. The Morgan fingerprint density at radius 3 is 2.59 bits per heavy atom. The van der Waals surface area contributed by atoms with Crippen LogP contribution >= 0.6 is 12.2 Å². The summed E-state index contributed by atoms with van der Waals surface area (Å²) < 4.78 is 0. The highest BCUT2D eigenvalue weighted by Crippen LogP contribution is 2.72. The van der Waals surface area contributed by atoms with Crippen molar-refractivity contribution < 1.29 is 15.0 Å². The van der Waals surface area contributed by atoms with Crippen molar-refractivity contribution in [3.63, 3.8) is 0 Å². The smallest absolute Gasteiger partial charge is 0.184 e. The third-order valence-electron chi connectivity index (χ3n) is 9.55. The zero-order valence-electron chi connectivity index (χ0n) is 17.7. The Morgan fingerprint density at radius 1 is 1.21 bits per heavy atom. The van der Waals surface area contributed by atoms with Crippen molar-refractivity contribution in [1.29, 1.82) is 0 Å². The van der Waals surface area contributed by atoms with Crippen LogP contribution in [0.4, 0.5) is 0 Å². The van der Waals surface area contributed by atoms with Gasteiger partial charge in [-0.05, 0) is 80.8 Å². The maximum absolute atomic E-state index is 12.4. The van der Waals surface area contributed by atoms with Crippen LogP contribution in [0.25, 0.3) is 0 Å². The molecule has 0 amide bonds. The predicted octanol–water partition coefficient (Wildman–Crippen LogP) is 2.37. The van der Waals surface area contributed by atoms with Crippen LogP contribution in [0.3, 0.4) is 0 Å². The van der Waals surface area contributed by atoms with E-state index >= 15 is 0 Å². The molecular formula is C22H35N3O3S. The number of carbonyl (C=O) groups is 1. The predicted molar refractivity (Wildman–Crippen MR) is 116 cm³/mol. The van der Waals surface area contributed by atoms with Crippen LogP contribution in [-0.4, -0.2) is 39.0 Å². The molecule has 0 heterocycles. The van der Waals surface area contributed by atoms with Gasteiger partial charge in [-0.25, -0.2) is 0 Å². The molecule has 4 rings (SSSR count). The van der Waals surface area contributed by atoms with Crippen LogP contribution in [0, 0.1) is 40.4 Å². The van der Waals surface area contributed by atoms with Gasteiger partial charge in [0.25, 0.3) is 0 Å². The lowest BCUT2D eigenvalue weighted by molar-refractivity contribution is -0.142. The summed E-state index contributed by atoms with van der Waals surface area (Å²) >= 11 is 4.88. The van der Waals surface area contributed by atoms with Crippen molar-refractivity contribution in [2.75, 3.05) is 0 Å². The minimum Gasteiger partial charge on any atom is -0.393 e. The molecule has 7 heteroatoms. The largest absolute Gasteiger partial charge is 0.393 e. The molecule has 6 nitrogen and oxygen atoms in total. The summed E-state index contributed by atoms with van der Waals surface area (Å²) in [6, 6.07) is 0. The van der Waals surface area contributed by atoms with Gasteiger partial charge in [0.15, 0.2) is 5.11 Å². The first-order chi connectivity index (χ1) is 13.5. The van der Waals surface area contributed by atoms with Crippen molar-refractivity contribution in [2.24, 2.45) is 51.3 Å². The number of hydrazone groups is 1. The molecule has 4 fully saturated rings. The molecule has 5 N–H and O–H groups in total. The van der Waals surface area contributed by atoms with E-state index in [0.29, 0.717) is 24.0 Å². The van der Waals surface area contributed by atoms with Gasteiger partial charge in [0, 0.05) is 29.9 Å². The van der Waals surface area contributed by atoms with E-state index in [9.17, 15) is 15.0 Å². The lowest BCUT2D eigenvalue weighted by Gasteiger charge is -2.51. The Balaban J connectivity index is 1.77. The number of hydrogen-bond acceptors (Lipinski definition) is 5. The summed E-state index contributed by atoms with van der Waals surface area (Å²) in [5, 5.41) is 26.9. The molecule has 0 aromatic heterocycles. The van der Waals surface area contributed by atoms with Crippen molar-refractivity contribution in [3.8, 4) is 0 Å². The molecule has 0 saturated heterocycles. The summed E-state index contributed by atoms with van der Waals surface area (Å²) in [5.74, 6) is 1.20. The Bertz CT molecular complexity index is 745. The molecule has 29 heavy (non-hydrogen) atoms. The van der Waals surface area contributed by atoms with E-state index in [2.05, 4.69) is 24.4 Å². The normalized spacial score (nSPS) is 51.3. The molecule has 4 aliphatic rings. The Kier molecular flexibility index (Phi) is 5.11. The number of fused-ring (bicyclic) bond motifs is 5. The van der Waals surface area contributed by atoms with Gasteiger partial charge in [-0.3, -0.25) is 10.2 Å². The molecule has 0 bridgehead atoms. The minimum absolute atomic E-state index is 0.0193. The van der Waals surface area contributed by atoms with Crippen molar-refractivity contribution in [1.82, 2.24) is 5.43 Å². The zero-order chi connectivity index (χ0) is 21.2. The molecular weight excluding hydrogens is 386 g/mol. The average Bonchev–Trinajstić information content (AvgIpc) is 3.06. The van der Waals surface area contributed by atoms with Gasteiger partial charge < -0.3 is 15.9 Å². The first kappa shape index (κ1) is 21.2. The second-order valence-corrected chi connectivity index (χ2v) is 11.0. The number of ketones is 1. The van der Waals surface area contributed by atoms with E-state index in [1.807, 2.05) is 0 Å². The average molecular weight is 422 g/mol. The van der Waals surface area contributed by atoms with Crippen LogP contribution < -0.4 is 11.2 Å². The molecule has 0 unspecified atom stereocenters. The number of aliphatic hydroxyl groups is 2. The molecule has 4 saturated carbocycles. The first-order valence-corrected chi connectivity index (χ1v) is 11.4. The summed E-state index contributed by atoms with van der Waals surface area (Å²) in [6.45, 7) is 6.23. The van der Waals surface area contributed by atoms with Gasteiger partial charge in [-0.1, -0.05) is 13.8 Å². The molecule has 0 radical (unpaired) electrons. The van der Waals surface area contributed by atoms with Gasteiger partial charge in [-0.2, -0.15) is 5.10 Å². The van der Waals surface area contributed by atoms with Crippen molar-refractivity contribution in [2.45, 2.75) is 77.4 Å². The number of aliphatic hydroxyl groups excluding tert-OH is 1. The molecule has 0 spiro atoms. The van der Waals surface area contributed by atoms with E-state index in [4.69, 9.17) is 18.0 Å². The number of carbonyl (C=O) groups excluding carboxylic acids is 1. The highest BCUT2D eigenvalue weighted by atomic mass is 32.1. The summed E-state index contributed by atoms with van der Waals surface area (Å²) in [4.78, 5) is 12.4. The Hall–Kier alpha value is -1.05. The lowest BCUT2D eigenvalue weighted by Crippen LogP contribution is -2.54. The highest BCUT2D eigenvalue weighted by molar-refractivity contribution is 7.80. The van der Waals surface area contributed by atoms with Gasteiger partial charge in [0.2, 0.25) is 0 Å². The fraction of sp³-hybridized carbons (Fsp3) is 0.864. The third-order valence-corrected chi connectivity index (χ3v) is 9.64. The fourth-order valence-electron chi connectivity index (χ4n) is 8.23. The Labute approximate surface area is 178 Å². The van der Waals surface area contributed by atoms with E-state index < -0.39 is 11.7 Å². The summed E-state index contributed by atoms with van der Waals surface area (Å²) in [6.07, 6.45) is 7.24. The standard InChI is InChI=1S/C22H35N3O3S/c1-12(26)14-4-5-15-18-16(7-8-20(14,15)2)21(3)9-6-13(27)10-22(21,28)17(18)11-24-25-19(23)29/h11,13-18,27-28H,4-10H2,1-3H3,(H3,23,25,29)/b24-11+/t13-,14+,15-,16-,17+,18-,20+,21+,22+/m0/s1. The van der Waals surface area contributed by atoms with Gasteiger partial charge in [-0.15, -0.1) is 0 Å². The maximum atomic E-state index is 12.4. The quantitative estimate of drug-likeness (QED) is 0.317. The molecule has 0 aliphatic heterocycles. The third kappa shape index (κ3) is 2.91. The van der Waals surface area contributed by atoms with Crippen molar-refractivity contribution >= 4 is 29.3 Å². The SMILES string of the molecule is CC(=O)[C@H]1CC[C@H]2[C@@H]3[C@@H](/C=N/NC(N)=S)[C@]4(O)C[C@@H](O)CC[C@]4(C)[C@H]3CC[C@]12C. The summed E-state index contributed by atoms with van der Waals surface area (Å²) in [5.41, 5.74) is 6.91. The number of hydrogen-bond donors (Lipinski definition) is 4. The first-order valence-electron chi connectivity index (χ1n) is 11.0. The Morgan fingerprint density at radius 2 is 1.93 bits per heavy atom. The second kappa shape index (κ2) is 6.99. The van der Waals surface area contributed by atoms with Gasteiger partial charge in [0.05, 0.1) is 11.7 Å². The van der Waals surface area contributed by atoms with Crippen LogP contribution in [-0.2, 0) is 4.79 Å². The number of rotatable bonds is 3. The van der Waals surface area contributed by atoms with Gasteiger partial charge in [0.1, 0.15) is 5.78 Å². The molecule has 162 valence electrons. The number of Topliss-reactive ketones (excluding diaryl/α,β-unsaturated/α-hetero) is 1. The highest BCUT2D eigenvalue weighted by Gasteiger charge is 2.72. The fourth-order valence-corrected chi connectivity index (χ4v) is 8.28. The van der Waals surface area contributed by atoms with E-state index in [-0.39, 0.29) is 33.7 Å². The summed E-state index contributed by atoms with van der Waals surface area (Å²) in [7, 11) is 0. The van der Waals surface area contributed by atoms with Crippen LogP contribution in [0.1, 0.15) is 65.7 Å². The van der Waals surface area contributed by atoms with Crippen molar-refractivity contribution in [3.05, 3.63) is 0 Å². The van der Waals surface area contributed by atoms with Crippen LogP contribution in [0.15, 0.2) is 5.10 Å². The van der Waals surface area contributed by atoms with E-state index in [1.165, 1.54) is 0 Å². The molecule has 4 aliphatic carbocycles. The number of nitrogens with two attached hydrogens (primary N) is 1. The molecule has 9 atom stereocenters. The zero-order valence-corrected chi connectivity index (χ0v) is 18.5.